The lowest BCUT2D eigenvalue weighted by atomic mass is 10.0. The van der Waals surface area contributed by atoms with Crippen LogP contribution in [0.1, 0.15) is 36.8 Å². The Hall–Kier alpha value is -1.88. The molecule has 118 valence electrons. The fourth-order valence-electron chi connectivity index (χ4n) is 3.16. The molecule has 0 spiro atoms. The molecule has 2 aliphatic rings. The lowest BCUT2D eigenvalue weighted by molar-refractivity contribution is -0.122. The van der Waals surface area contributed by atoms with Gasteiger partial charge >= 0.3 is 0 Å². The van der Waals surface area contributed by atoms with Crippen LogP contribution in [0, 0.1) is 0 Å². The Morgan fingerprint density at radius 1 is 1.27 bits per heavy atom. The molecule has 1 aromatic rings. The molecule has 2 aliphatic heterocycles. The Kier molecular flexibility index (Phi) is 4.73. The number of fused-ring (bicyclic) bond motifs is 1. The number of carbonyl (C=O) groups is 2. The topological polar surface area (TPSA) is 70.2 Å². The van der Waals surface area contributed by atoms with Crippen LogP contribution in [0.4, 0.5) is 5.69 Å². The van der Waals surface area contributed by atoms with Crippen LogP contribution >= 0.6 is 0 Å². The zero-order valence-electron chi connectivity index (χ0n) is 12.8. The van der Waals surface area contributed by atoms with Crippen molar-refractivity contribution in [1.82, 2.24) is 10.6 Å². The van der Waals surface area contributed by atoms with E-state index in [-0.39, 0.29) is 11.8 Å². The molecule has 0 atom stereocenters. The SMILES string of the molecule is O=C1Cc2cc(CCCC(=O)NC3CCNCC3)ccc2N1. The Morgan fingerprint density at radius 2 is 2.09 bits per heavy atom. The van der Waals surface area contributed by atoms with Gasteiger partial charge in [0.05, 0.1) is 6.42 Å². The van der Waals surface area contributed by atoms with Crippen molar-refractivity contribution in [2.75, 3.05) is 18.4 Å². The molecule has 1 fully saturated rings. The van der Waals surface area contributed by atoms with E-state index in [0.717, 1.165) is 50.0 Å². The van der Waals surface area contributed by atoms with Crippen molar-refractivity contribution < 1.29 is 9.59 Å². The van der Waals surface area contributed by atoms with Gasteiger partial charge in [-0.1, -0.05) is 12.1 Å². The standard InChI is InChI=1S/C17H23N3O2/c21-16(19-14-6-8-18-9-7-14)3-1-2-12-4-5-15-13(10-12)11-17(22)20-15/h4-5,10,14,18H,1-3,6-9,11H2,(H,19,21)(H,20,22). The Labute approximate surface area is 130 Å². The van der Waals surface area contributed by atoms with Crippen molar-refractivity contribution in [3.8, 4) is 0 Å². The minimum atomic E-state index is 0.0634. The normalized spacial score (nSPS) is 17.9. The van der Waals surface area contributed by atoms with Crippen LogP contribution in [0.15, 0.2) is 18.2 Å². The highest BCUT2D eigenvalue weighted by molar-refractivity contribution is 5.99. The number of hydrogen-bond donors (Lipinski definition) is 3. The number of benzene rings is 1. The first-order valence-electron chi connectivity index (χ1n) is 8.12. The second kappa shape index (κ2) is 6.92. The lowest BCUT2D eigenvalue weighted by Crippen LogP contribution is -2.42. The second-order valence-electron chi connectivity index (χ2n) is 6.16. The maximum Gasteiger partial charge on any atom is 0.228 e. The number of aryl methyl sites for hydroxylation is 1. The highest BCUT2D eigenvalue weighted by Gasteiger charge is 2.18. The van der Waals surface area contributed by atoms with E-state index in [4.69, 9.17) is 0 Å². The van der Waals surface area contributed by atoms with Gasteiger partial charge in [-0.2, -0.15) is 0 Å². The summed E-state index contributed by atoms with van der Waals surface area (Å²) < 4.78 is 0. The molecule has 3 N–H and O–H groups in total. The average Bonchev–Trinajstić information content (AvgIpc) is 2.87. The third-order valence-corrected chi connectivity index (χ3v) is 4.37. The Morgan fingerprint density at radius 3 is 2.91 bits per heavy atom. The molecule has 0 aromatic heterocycles. The quantitative estimate of drug-likeness (QED) is 0.769. The largest absolute Gasteiger partial charge is 0.353 e. The van der Waals surface area contributed by atoms with E-state index in [0.29, 0.717) is 18.9 Å². The first kappa shape index (κ1) is 15.0. The van der Waals surface area contributed by atoms with E-state index >= 15 is 0 Å². The molecule has 1 aromatic carbocycles. The molecule has 2 heterocycles. The molecule has 1 saturated heterocycles. The van der Waals surface area contributed by atoms with Crippen molar-refractivity contribution in [3.05, 3.63) is 29.3 Å². The summed E-state index contributed by atoms with van der Waals surface area (Å²) in [5.74, 6) is 0.221. The van der Waals surface area contributed by atoms with Gasteiger partial charge in [0.15, 0.2) is 0 Å². The van der Waals surface area contributed by atoms with Gasteiger partial charge in [0, 0.05) is 18.2 Å². The number of rotatable bonds is 5. The predicted molar refractivity (Wildman–Crippen MR) is 85.7 cm³/mol. The first-order chi connectivity index (χ1) is 10.7. The number of nitrogens with one attached hydrogen (secondary N) is 3. The zero-order chi connectivity index (χ0) is 15.4. The van der Waals surface area contributed by atoms with Gasteiger partial charge in [-0.15, -0.1) is 0 Å². The highest BCUT2D eigenvalue weighted by Crippen LogP contribution is 2.24. The molecule has 0 radical (unpaired) electrons. The van der Waals surface area contributed by atoms with E-state index in [1.54, 1.807) is 0 Å². The summed E-state index contributed by atoms with van der Waals surface area (Å²) in [6.45, 7) is 1.99. The summed E-state index contributed by atoms with van der Waals surface area (Å²) in [6, 6.07) is 6.42. The van der Waals surface area contributed by atoms with Crippen LogP contribution < -0.4 is 16.0 Å². The smallest absolute Gasteiger partial charge is 0.228 e. The van der Waals surface area contributed by atoms with Gasteiger partial charge in [-0.3, -0.25) is 9.59 Å². The molecule has 0 saturated carbocycles. The summed E-state index contributed by atoms with van der Waals surface area (Å²) in [5, 5.41) is 9.25. The molecule has 5 heteroatoms. The minimum Gasteiger partial charge on any atom is -0.353 e. The number of carbonyl (C=O) groups excluding carboxylic acids is 2. The maximum absolute atomic E-state index is 11.9. The van der Waals surface area contributed by atoms with Gasteiger partial charge in [0.25, 0.3) is 0 Å². The van der Waals surface area contributed by atoms with Crippen molar-refractivity contribution >= 4 is 17.5 Å². The number of anilines is 1. The van der Waals surface area contributed by atoms with E-state index in [2.05, 4.69) is 22.0 Å². The first-order valence-corrected chi connectivity index (χ1v) is 8.12. The Bertz CT molecular complexity index is 565. The summed E-state index contributed by atoms with van der Waals surface area (Å²) >= 11 is 0. The number of hydrogen-bond acceptors (Lipinski definition) is 3. The van der Waals surface area contributed by atoms with E-state index in [1.807, 2.05) is 12.1 Å². The molecule has 3 rings (SSSR count). The van der Waals surface area contributed by atoms with Gasteiger partial charge in [-0.25, -0.2) is 0 Å². The molecular formula is C17H23N3O2. The van der Waals surface area contributed by atoms with Crippen molar-refractivity contribution in [2.45, 2.75) is 44.6 Å². The third-order valence-electron chi connectivity index (χ3n) is 4.37. The highest BCUT2D eigenvalue weighted by atomic mass is 16.2. The Balaban J connectivity index is 1.42. The summed E-state index contributed by atoms with van der Waals surface area (Å²) in [7, 11) is 0. The van der Waals surface area contributed by atoms with Gasteiger partial charge < -0.3 is 16.0 Å². The van der Waals surface area contributed by atoms with Gasteiger partial charge in [-0.05, 0) is 56.0 Å². The summed E-state index contributed by atoms with van der Waals surface area (Å²) in [6.07, 6.45) is 4.81. The van der Waals surface area contributed by atoms with Crippen LogP contribution in [0.3, 0.4) is 0 Å². The fourth-order valence-corrected chi connectivity index (χ4v) is 3.16. The fraction of sp³-hybridized carbons (Fsp3) is 0.529. The number of amides is 2. The zero-order valence-corrected chi connectivity index (χ0v) is 12.8. The molecule has 22 heavy (non-hydrogen) atoms. The van der Waals surface area contributed by atoms with Crippen LogP contribution in [0.2, 0.25) is 0 Å². The maximum atomic E-state index is 11.9. The van der Waals surface area contributed by atoms with Gasteiger partial charge in [0.2, 0.25) is 11.8 Å². The monoisotopic (exact) mass is 301 g/mol. The van der Waals surface area contributed by atoms with E-state index in [1.165, 1.54) is 5.56 Å². The van der Waals surface area contributed by atoms with Crippen molar-refractivity contribution in [3.63, 3.8) is 0 Å². The summed E-state index contributed by atoms with van der Waals surface area (Å²) in [5.41, 5.74) is 3.20. The van der Waals surface area contributed by atoms with Crippen molar-refractivity contribution in [1.29, 1.82) is 0 Å². The molecule has 2 amide bonds. The van der Waals surface area contributed by atoms with E-state index < -0.39 is 0 Å². The van der Waals surface area contributed by atoms with Crippen LogP contribution in [0.5, 0.6) is 0 Å². The van der Waals surface area contributed by atoms with Crippen LogP contribution in [-0.4, -0.2) is 30.9 Å². The molecule has 0 bridgehead atoms. The minimum absolute atomic E-state index is 0.0634. The lowest BCUT2D eigenvalue weighted by Gasteiger charge is -2.23. The summed E-state index contributed by atoms with van der Waals surface area (Å²) in [4.78, 5) is 23.3. The predicted octanol–water partition coefficient (Wildman–Crippen LogP) is 1.37. The number of piperidine rings is 1. The average molecular weight is 301 g/mol. The molecule has 0 aliphatic carbocycles. The van der Waals surface area contributed by atoms with Crippen LogP contribution in [-0.2, 0) is 22.4 Å². The second-order valence-corrected chi connectivity index (χ2v) is 6.16. The van der Waals surface area contributed by atoms with Crippen molar-refractivity contribution in [2.24, 2.45) is 0 Å². The third kappa shape index (κ3) is 3.85. The molecule has 5 nitrogen and oxygen atoms in total. The van der Waals surface area contributed by atoms with Crippen LogP contribution in [0.25, 0.3) is 0 Å². The van der Waals surface area contributed by atoms with Gasteiger partial charge in [0.1, 0.15) is 0 Å². The van der Waals surface area contributed by atoms with E-state index in [9.17, 15) is 9.59 Å². The molecule has 0 unspecified atom stereocenters. The molecular weight excluding hydrogens is 278 g/mol.